The van der Waals surface area contributed by atoms with E-state index in [-0.39, 0.29) is 17.1 Å². The number of ether oxygens (including phenoxy) is 1. The first-order valence-electron chi connectivity index (χ1n) is 7.76. The molecule has 2 aromatic rings. The molecule has 8 nitrogen and oxygen atoms in total. The minimum Gasteiger partial charge on any atom is -0.449 e. The van der Waals surface area contributed by atoms with E-state index in [1.807, 2.05) is 0 Å². The van der Waals surface area contributed by atoms with Gasteiger partial charge in [0.1, 0.15) is 0 Å². The van der Waals surface area contributed by atoms with Gasteiger partial charge in [-0.05, 0) is 31.5 Å². The Morgan fingerprint density at radius 1 is 1.24 bits per heavy atom. The van der Waals surface area contributed by atoms with Crippen LogP contribution in [0.25, 0.3) is 11.0 Å². The third-order valence-corrected chi connectivity index (χ3v) is 5.70. The normalized spacial score (nSPS) is 20.1. The summed E-state index contributed by atoms with van der Waals surface area (Å²) in [5.41, 5.74) is 1.45. The van der Waals surface area contributed by atoms with Crippen molar-refractivity contribution in [3.63, 3.8) is 0 Å². The summed E-state index contributed by atoms with van der Waals surface area (Å²) in [4.78, 5) is 32.5. The van der Waals surface area contributed by atoms with Gasteiger partial charge < -0.3 is 10.1 Å². The Balaban J connectivity index is 1.62. The molecule has 1 aromatic carbocycles. The summed E-state index contributed by atoms with van der Waals surface area (Å²) < 4.78 is 28.0. The van der Waals surface area contributed by atoms with E-state index in [4.69, 9.17) is 4.74 Å². The second kappa shape index (κ2) is 6.75. The summed E-state index contributed by atoms with van der Waals surface area (Å²) >= 11 is 0. The fourth-order valence-electron chi connectivity index (χ4n) is 2.60. The van der Waals surface area contributed by atoms with Crippen molar-refractivity contribution in [2.75, 3.05) is 11.5 Å². The maximum atomic E-state index is 12.2. The topological polar surface area (TPSA) is 115 Å². The fraction of sp³-hybridized carbons (Fsp3) is 0.375. The second-order valence-corrected chi connectivity index (χ2v) is 8.14. The Morgan fingerprint density at radius 2 is 1.96 bits per heavy atom. The Hall–Kier alpha value is -2.55. The van der Waals surface area contributed by atoms with Crippen LogP contribution < -0.4 is 5.32 Å². The van der Waals surface area contributed by atoms with Crippen LogP contribution in [0.2, 0.25) is 0 Å². The molecule has 0 spiro atoms. The molecule has 1 amide bonds. The lowest BCUT2D eigenvalue weighted by molar-refractivity contribution is -0.129. The number of fused-ring (bicyclic) bond motifs is 1. The summed E-state index contributed by atoms with van der Waals surface area (Å²) in [6.07, 6.45) is 2.41. The zero-order valence-corrected chi connectivity index (χ0v) is 14.3. The molecule has 1 fully saturated rings. The van der Waals surface area contributed by atoms with Crippen LogP contribution in [-0.2, 0) is 19.4 Å². The van der Waals surface area contributed by atoms with Gasteiger partial charge in [-0.15, -0.1) is 0 Å². The largest absolute Gasteiger partial charge is 0.449 e. The van der Waals surface area contributed by atoms with Crippen molar-refractivity contribution >= 4 is 32.7 Å². The molecule has 1 aromatic heterocycles. The zero-order chi connectivity index (χ0) is 18.0. The minimum absolute atomic E-state index is 0.0598. The predicted octanol–water partition coefficient (Wildman–Crippen LogP) is 0.478. The average molecular weight is 363 g/mol. The zero-order valence-electron chi connectivity index (χ0n) is 13.5. The Labute approximate surface area is 144 Å². The number of benzene rings is 1. The Kier molecular flexibility index (Phi) is 4.67. The van der Waals surface area contributed by atoms with E-state index >= 15 is 0 Å². The number of esters is 1. The first-order chi connectivity index (χ1) is 11.8. The molecular weight excluding hydrogens is 346 g/mol. The summed E-state index contributed by atoms with van der Waals surface area (Å²) in [6, 6.07) is 4.30. The van der Waals surface area contributed by atoms with Crippen LogP contribution in [-0.4, -0.2) is 53.9 Å². The van der Waals surface area contributed by atoms with Gasteiger partial charge in [-0.1, -0.05) is 0 Å². The van der Waals surface area contributed by atoms with Gasteiger partial charge in [0.05, 0.1) is 28.1 Å². The van der Waals surface area contributed by atoms with Crippen LogP contribution in [0.1, 0.15) is 23.7 Å². The quantitative estimate of drug-likeness (QED) is 0.786. The van der Waals surface area contributed by atoms with E-state index in [1.54, 1.807) is 24.4 Å². The predicted molar refractivity (Wildman–Crippen MR) is 89.6 cm³/mol. The van der Waals surface area contributed by atoms with Gasteiger partial charge in [0.15, 0.2) is 15.9 Å². The third-order valence-electron chi connectivity index (χ3n) is 3.94. The van der Waals surface area contributed by atoms with Crippen molar-refractivity contribution < 1.29 is 22.7 Å². The van der Waals surface area contributed by atoms with Crippen molar-refractivity contribution in [2.24, 2.45) is 0 Å². The molecule has 25 heavy (non-hydrogen) atoms. The number of nitrogens with zero attached hydrogens (tertiary/aromatic N) is 2. The molecular formula is C16H17N3O5S. The van der Waals surface area contributed by atoms with Gasteiger partial charge in [-0.25, -0.2) is 13.2 Å². The second-order valence-electron chi connectivity index (χ2n) is 5.92. The average Bonchev–Trinajstić information content (AvgIpc) is 2.92. The lowest BCUT2D eigenvalue weighted by Crippen LogP contribution is -2.42. The lowest BCUT2D eigenvalue weighted by Gasteiger charge is -2.16. The number of nitrogens with one attached hydrogen (secondary N) is 1. The fourth-order valence-corrected chi connectivity index (χ4v) is 4.27. The van der Waals surface area contributed by atoms with Crippen LogP contribution in [0.4, 0.5) is 0 Å². The van der Waals surface area contributed by atoms with E-state index in [2.05, 4.69) is 15.3 Å². The molecule has 0 bridgehead atoms. The van der Waals surface area contributed by atoms with Gasteiger partial charge in [0.2, 0.25) is 0 Å². The van der Waals surface area contributed by atoms with Crippen molar-refractivity contribution in [3.05, 3.63) is 36.2 Å². The summed E-state index contributed by atoms with van der Waals surface area (Å²) in [6.45, 7) is 1.44. The molecule has 1 aliphatic heterocycles. The lowest BCUT2D eigenvalue weighted by atomic mass is 10.2. The molecule has 3 rings (SSSR count). The number of hydrogen-bond acceptors (Lipinski definition) is 7. The van der Waals surface area contributed by atoms with Gasteiger partial charge >= 0.3 is 5.97 Å². The highest BCUT2D eigenvalue weighted by Gasteiger charge is 2.30. The van der Waals surface area contributed by atoms with Crippen LogP contribution >= 0.6 is 0 Å². The number of aromatic nitrogens is 2. The van der Waals surface area contributed by atoms with E-state index in [0.717, 1.165) is 0 Å². The standard InChI is InChI=1S/C16H17N3O5S/c1-10(15(20)19-12-4-7-25(22,23)9-12)24-16(21)11-2-3-13-14(8-11)18-6-5-17-13/h2-3,5-6,8,10,12H,4,7,9H2,1H3,(H,19,20)/t10-,12+/m0/s1. The maximum absolute atomic E-state index is 12.2. The Morgan fingerprint density at radius 3 is 2.64 bits per heavy atom. The third kappa shape index (κ3) is 4.11. The Bertz CT molecular complexity index is 928. The molecule has 1 aliphatic rings. The molecule has 0 aliphatic carbocycles. The van der Waals surface area contributed by atoms with Crippen LogP contribution in [0.5, 0.6) is 0 Å². The molecule has 2 heterocycles. The molecule has 0 saturated carbocycles. The molecule has 1 N–H and O–H groups in total. The number of hydrogen-bond donors (Lipinski definition) is 1. The van der Waals surface area contributed by atoms with Gasteiger partial charge in [0, 0.05) is 18.4 Å². The summed E-state index contributed by atoms with van der Waals surface area (Å²) in [7, 11) is -3.09. The SMILES string of the molecule is C[C@H](OC(=O)c1ccc2nccnc2c1)C(=O)N[C@@H]1CCS(=O)(=O)C1. The maximum Gasteiger partial charge on any atom is 0.338 e. The number of amides is 1. The summed E-state index contributed by atoms with van der Waals surface area (Å²) in [5, 5.41) is 2.60. The van der Waals surface area contributed by atoms with E-state index in [1.165, 1.54) is 13.1 Å². The van der Waals surface area contributed by atoms with Crippen molar-refractivity contribution in [1.82, 2.24) is 15.3 Å². The van der Waals surface area contributed by atoms with Crippen LogP contribution in [0.3, 0.4) is 0 Å². The highest BCUT2D eigenvalue weighted by atomic mass is 32.2. The number of sulfone groups is 1. The molecule has 0 unspecified atom stereocenters. The van der Waals surface area contributed by atoms with Gasteiger partial charge in [0.25, 0.3) is 5.91 Å². The van der Waals surface area contributed by atoms with Crippen LogP contribution in [0.15, 0.2) is 30.6 Å². The minimum atomic E-state index is -3.09. The van der Waals surface area contributed by atoms with Gasteiger partial charge in [-0.3, -0.25) is 14.8 Å². The first kappa shape index (κ1) is 17.3. The number of rotatable bonds is 4. The van der Waals surface area contributed by atoms with Gasteiger partial charge in [-0.2, -0.15) is 0 Å². The van der Waals surface area contributed by atoms with E-state index < -0.39 is 33.9 Å². The highest BCUT2D eigenvalue weighted by Crippen LogP contribution is 2.14. The monoisotopic (exact) mass is 363 g/mol. The van der Waals surface area contributed by atoms with Crippen molar-refractivity contribution in [2.45, 2.75) is 25.5 Å². The van der Waals surface area contributed by atoms with E-state index in [0.29, 0.717) is 17.5 Å². The number of carbonyl (C=O) groups excluding carboxylic acids is 2. The molecule has 0 radical (unpaired) electrons. The molecule has 9 heteroatoms. The first-order valence-corrected chi connectivity index (χ1v) is 9.59. The highest BCUT2D eigenvalue weighted by molar-refractivity contribution is 7.91. The molecule has 132 valence electrons. The smallest absolute Gasteiger partial charge is 0.338 e. The van der Waals surface area contributed by atoms with Crippen molar-refractivity contribution in [3.8, 4) is 0 Å². The van der Waals surface area contributed by atoms with Crippen molar-refractivity contribution in [1.29, 1.82) is 0 Å². The molecule has 1 saturated heterocycles. The van der Waals surface area contributed by atoms with E-state index in [9.17, 15) is 18.0 Å². The van der Waals surface area contributed by atoms with Crippen LogP contribution in [0, 0.1) is 0 Å². The molecule has 2 atom stereocenters. The number of carbonyl (C=O) groups is 2. The summed E-state index contributed by atoms with van der Waals surface area (Å²) in [5.74, 6) is -1.20.